The summed E-state index contributed by atoms with van der Waals surface area (Å²) in [4.78, 5) is 26.5. The first-order chi connectivity index (χ1) is 13.5. The molecule has 2 N–H and O–H groups in total. The van der Waals surface area contributed by atoms with E-state index in [1.54, 1.807) is 60.5 Å². The molecule has 0 aromatic heterocycles. The highest BCUT2D eigenvalue weighted by atomic mass is 35.5. The minimum absolute atomic E-state index is 0.101. The van der Waals surface area contributed by atoms with E-state index < -0.39 is 0 Å². The number of nitrogens with zero attached hydrogens (tertiary/aromatic N) is 1. The minimum atomic E-state index is -0.212. The van der Waals surface area contributed by atoms with Crippen molar-refractivity contribution in [3.05, 3.63) is 89.4 Å². The fraction of sp³-hybridized carbons (Fsp3) is 0.0909. The molecule has 6 heteroatoms. The van der Waals surface area contributed by atoms with Crippen molar-refractivity contribution >= 4 is 40.5 Å². The zero-order chi connectivity index (χ0) is 19.9. The molecule has 0 heterocycles. The van der Waals surface area contributed by atoms with Gasteiger partial charge in [0.1, 0.15) is 0 Å². The van der Waals surface area contributed by atoms with Gasteiger partial charge in [-0.3, -0.25) is 9.59 Å². The maximum atomic E-state index is 12.7. The average molecular weight is 394 g/mol. The molecule has 3 aromatic rings. The van der Waals surface area contributed by atoms with Crippen LogP contribution in [0.25, 0.3) is 0 Å². The van der Waals surface area contributed by atoms with E-state index >= 15 is 0 Å². The first-order valence-corrected chi connectivity index (χ1v) is 9.13. The Morgan fingerprint density at radius 3 is 2.32 bits per heavy atom. The van der Waals surface area contributed by atoms with Crippen molar-refractivity contribution in [2.45, 2.75) is 0 Å². The second kappa shape index (κ2) is 9.06. The Balaban J connectivity index is 1.61. The quantitative estimate of drug-likeness (QED) is 0.639. The molecule has 0 bridgehead atoms. The summed E-state index contributed by atoms with van der Waals surface area (Å²) in [6.45, 7) is 0.101. The molecule has 0 saturated carbocycles. The Morgan fingerprint density at radius 2 is 1.61 bits per heavy atom. The second-order valence-electron chi connectivity index (χ2n) is 6.19. The number of rotatable bonds is 6. The third-order valence-electron chi connectivity index (χ3n) is 4.14. The van der Waals surface area contributed by atoms with Crippen LogP contribution in [0.2, 0.25) is 5.02 Å². The van der Waals surface area contributed by atoms with E-state index in [4.69, 9.17) is 11.6 Å². The molecule has 3 rings (SSSR count). The first-order valence-electron chi connectivity index (χ1n) is 8.75. The van der Waals surface area contributed by atoms with Crippen LogP contribution in [0.15, 0.2) is 78.9 Å². The number of hydrogen-bond acceptors (Lipinski definition) is 3. The molecule has 0 fully saturated rings. The summed E-state index contributed by atoms with van der Waals surface area (Å²) in [5, 5.41) is 6.46. The monoisotopic (exact) mass is 393 g/mol. The molecule has 0 saturated heterocycles. The number of anilines is 3. The second-order valence-corrected chi connectivity index (χ2v) is 6.63. The average Bonchev–Trinajstić information content (AvgIpc) is 2.73. The van der Waals surface area contributed by atoms with Crippen LogP contribution in [0, 0.1) is 0 Å². The SMILES string of the molecule is CN(C(=O)c1cccc(NC(=O)CNc2ccc(Cl)cc2)c1)c1ccccc1. The normalized spacial score (nSPS) is 10.2. The zero-order valence-electron chi connectivity index (χ0n) is 15.4. The van der Waals surface area contributed by atoms with Gasteiger partial charge in [0.2, 0.25) is 5.91 Å². The van der Waals surface area contributed by atoms with Crippen LogP contribution in [-0.2, 0) is 4.79 Å². The number of halogens is 1. The van der Waals surface area contributed by atoms with E-state index in [1.165, 1.54) is 0 Å². The third-order valence-corrected chi connectivity index (χ3v) is 4.39. The van der Waals surface area contributed by atoms with Crippen molar-refractivity contribution in [1.29, 1.82) is 0 Å². The van der Waals surface area contributed by atoms with Crippen LogP contribution in [-0.4, -0.2) is 25.4 Å². The summed E-state index contributed by atoms with van der Waals surface area (Å²) < 4.78 is 0. The Labute approximate surface area is 168 Å². The predicted octanol–water partition coefficient (Wildman–Crippen LogP) is 4.67. The molecule has 28 heavy (non-hydrogen) atoms. The van der Waals surface area contributed by atoms with Gasteiger partial charge in [0.15, 0.2) is 0 Å². The van der Waals surface area contributed by atoms with Crippen molar-refractivity contribution in [2.75, 3.05) is 29.1 Å². The number of nitrogens with one attached hydrogen (secondary N) is 2. The molecular formula is C22H20ClN3O2. The summed E-state index contributed by atoms with van der Waals surface area (Å²) in [5.41, 5.74) is 2.66. The van der Waals surface area contributed by atoms with Gasteiger partial charge in [0.25, 0.3) is 5.91 Å². The first kappa shape index (κ1) is 19.5. The van der Waals surface area contributed by atoms with E-state index in [1.807, 2.05) is 30.3 Å². The maximum absolute atomic E-state index is 12.7. The summed E-state index contributed by atoms with van der Waals surface area (Å²) in [6, 6.07) is 23.4. The molecule has 0 aliphatic rings. The minimum Gasteiger partial charge on any atom is -0.376 e. The molecule has 0 unspecified atom stereocenters. The Hall–Kier alpha value is -3.31. The van der Waals surface area contributed by atoms with E-state index in [0.717, 1.165) is 11.4 Å². The van der Waals surface area contributed by atoms with Crippen molar-refractivity contribution in [2.24, 2.45) is 0 Å². The smallest absolute Gasteiger partial charge is 0.258 e. The van der Waals surface area contributed by atoms with Gasteiger partial charge in [-0.05, 0) is 54.6 Å². The largest absolute Gasteiger partial charge is 0.376 e. The lowest BCUT2D eigenvalue weighted by Crippen LogP contribution is -2.26. The maximum Gasteiger partial charge on any atom is 0.258 e. The van der Waals surface area contributed by atoms with Crippen LogP contribution >= 0.6 is 11.6 Å². The molecule has 0 aliphatic carbocycles. The molecule has 142 valence electrons. The molecular weight excluding hydrogens is 374 g/mol. The van der Waals surface area contributed by atoms with Gasteiger partial charge in [-0.1, -0.05) is 35.9 Å². The molecule has 5 nitrogen and oxygen atoms in total. The molecule has 0 spiro atoms. The zero-order valence-corrected chi connectivity index (χ0v) is 16.1. The fourth-order valence-corrected chi connectivity index (χ4v) is 2.77. The lowest BCUT2D eigenvalue weighted by Gasteiger charge is -2.17. The summed E-state index contributed by atoms with van der Waals surface area (Å²) >= 11 is 5.85. The summed E-state index contributed by atoms with van der Waals surface area (Å²) in [5.74, 6) is -0.363. The number of carbonyl (C=O) groups excluding carboxylic acids is 2. The highest BCUT2D eigenvalue weighted by molar-refractivity contribution is 6.30. The molecule has 2 amide bonds. The van der Waals surface area contributed by atoms with Crippen molar-refractivity contribution < 1.29 is 9.59 Å². The van der Waals surface area contributed by atoms with Crippen molar-refractivity contribution in [3.63, 3.8) is 0 Å². The van der Waals surface area contributed by atoms with Gasteiger partial charge in [0, 0.05) is 34.7 Å². The Kier molecular flexibility index (Phi) is 6.29. The number of amides is 2. The van der Waals surface area contributed by atoms with Crippen LogP contribution in [0.5, 0.6) is 0 Å². The highest BCUT2D eigenvalue weighted by Crippen LogP contribution is 2.18. The van der Waals surface area contributed by atoms with Crippen LogP contribution in [0.3, 0.4) is 0 Å². The molecule has 3 aromatic carbocycles. The lowest BCUT2D eigenvalue weighted by molar-refractivity contribution is -0.114. The van der Waals surface area contributed by atoms with Crippen LogP contribution < -0.4 is 15.5 Å². The third kappa shape index (κ3) is 5.11. The van der Waals surface area contributed by atoms with Gasteiger partial charge < -0.3 is 15.5 Å². The van der Waals surface area contributed by atoms with Gasteiger partial charge in [-0.15, -0.1) is 0 Å². The van der Waals surface area contributed by atoms with E-state index in [0.29, 0.717) is 16.3 Å². The molecule has 0 atom stereocenters. The number of carbonyl (C=O) groups is 2. The molecule has 0 radical (unpaired) electrons. The van der Waals surface area contributed by atoms with Gasteiger partial charge in [-0.25, -0.2) is 0 Å². The van der Waals surface area contributed by atoms with E-state index in [-0.39, 0.29) is 18.4 Å². The Bertz CT molecular complexity index is 959. The van der Waals surface area contributed by atoms with Gasteiger partial charge in [0.05, 0.1) is 6.54 Å². The number of para-hydroxylation sites is 1. The number of benzene rings is 3. The lowest BCUT2D eigenvalue weighted by atomic mass is 10.1. The topological polar surface area (TPSA) is 61.4 Å². The van der Waals surface area contributed by atoms with E-state index in [9.17, 15) is 9.59 Å². The molecule has 0 aliphatic heterocycles. The van der Waals surface area contributed by atoms with Crippen LogP contribution in [0.1, 0.15) is 10.4 Å². The van der Waals surface area contributed by atoms with Crippen LogP contribution in [0.4, 0.5) is 17.1 Å². The summed E-state index contributed by atoms with van der Waals surface area (Å²) in [6.07, 6.45) is 0. The highest BCUT2D eigenvalue weighted by Gasteiger charge is 2.14. The number of hydrogen-bond donors (Lipinski definition) is 2. The van der Waals surface area contributed by atoms with Crippen molar-refractivity contribution in [3.8, 4) is 0 Å². The van der Waals surface area contributed by atoms with Gasteiger partial charge >= 0.3 is 0 Å². The van der Waals surface area contributed by atoms with Gasteiger partial charge in [-0.2, -0.15) is 0 Å². The predicted molar refractivity (Wildman–Crippen MR) is 114 cm³/mol. The van der Waals surface area contributed by atoms with E-state index in [2.05, 4.69) is 10.6 Å². The standard InChI is InChI=1S/C22H20ClN3O2/c1-26(20-8-3-2-4-9-20)22(28)16-6-5-7-19(14-16)25-21(27)15-24-18-12-10-17(23)11-13-18/h2-14,24H,15H2,1H3,(H,25,27). The fourth-order valence-electron chi connectivity index (χ4n) is 2.65. The summed E-state index contributed by atoms with van der Waals surface area (Å²) in [7, 11) is 1.72. The Morgan fingerprint density at radius 1 is 0.893 bits per heavy atom. The van der Waals surface area contributed by atoms with Crippen molar-refractivity contribution in [1.82, 2.24) is 0 Å².